The van der Waals surface area contributed by atoms with E-state index in [0.717, 1.165) is 12.8 Å². The fourth-order valence-corrected chi connectivity index (χ4v) is 2.30. The molecule has 6 nitrogen and oxygen atoms in total. The normalized spacial score (nSPS) is 16.7. The van der Waals surface area contributed by atoms with E-state index in [4.69, 9.17) is 22.1 Å². The summed E-state index contributed by atoms with van der Waals surface area (Å²) in [4.78, 5) is 21.4. The number of hydrogen-bond acceptors (Lipinski definition) is 6. The average Bonchev–Trinajstić information content (AvgIpc) is 2.41. The first-order valence-corrected chi connectivity index (χ1v) is 6.10. The van der Waals surface area contributed by atoms with Crippen LogP contribution in [0.4, 0.5) is 11.6 Å². The minimum Gasteiger partial charge on any atom is -0.469 e. The summed E-state index contributed by atoms with van der Waals surface area (Å²) < 4.78 is 4.74. The summed E-state index contributed by atoms with van der Waals surface area (Å²) >= 11 is 6.07. The summed E-state index contributed by atoms with van der Waals surface area (Å²) in [5, 5.41) is 0.369. The number of methoxy groups -OCH3 is 1. The molecular formula is C11H15ClN4O2. The van der Waals surface area contributed by atoms with Crippen molar-refractivity contribution >= 4 is 29.2 Å². The Morgan fingerprint density at radius 1 is 1.50 bits per heavy atom. The number of anilines is 2. The lowest BCUT2D eigenvalue weighted by Crippen LogP contribution is -2.37. The smallest absolute Gasteiger partial charge is 0.308 e. The Morgan fingerprint density at radius 3 is 2.78 bits per heavy atom. The van der Waals surface area contributed by atoms with Gasteiger partial charge in [0, 0.05) is 13.1 Å². The number of carbonyl (C=O) groups excluding carboxylic acids is 1. The van der Waals surface area contributed by atoms with E-state index in [1.807, 2.05) is 4.90 Å². The number of aromatic nitrogens is 2. The highest BCUT2D eigenvalue weighted by atomic mass is 35.5. The van der Waals surface area contributed by atoms with E-state index in [0.29, 0.717) is 23.9 Å². The summed E-state index contributed by atoms with van der Waals surface area (Å²) in [7, 11) is 1.41. The molecule has 1 aliphatic rings. The van der Waals surface area contributed by atoms with Crippen molar-refractivity contribution in [3.05, 3.63) is 11.3 Å². The Kier molecular flexibility index (Phi) is 3.86. The van der Waals surface area contributed by atoms with Gasteiger partial charge in [-0.05, 0) is 12.8 Å². The predicted octanol–water partition coefficient (Wildman–Crippen LogP) is 1.10. The number of nitrogens with zero attached hydrogens (tertiary/aromatic N) is 3. The Balaban J connectivity index is 2.06. The van der Waals surface area contributed by atoms with E-state index >= 15 is 0 Å². The molecule has 2 rings (SSSR count). The first-order chi connectivity index (χ1) is 8.63. The lowest BCUT2D eigenvalue weighted by molar-refractivity contribution is -0.146. The van der Waals surface area contributed by atoms with E-state index in [1.165, 1.54) is 13.4 Å². The molecule has 0 saturated carbocycles. The van der Waals surface area contributed by atoms with Crippen LogP contribution in [0.3, 0.4) is 0 Å². The molecule has 1 saturated heterocycles. The molecule has 0 atom stereocenters. The fourth-order valence-electron chi connectivity index (χ4n) is 2.09. The van der Waals surface area contributed by atoms with Crippen LogP contribution in [0.1, 0.15) is 12.8 Å². The topological polar surface area (TPSA) is 81.3 Å². The van der Waals surface area contributed by atoms with Crippen molar-refractivity contribution in [3.8, 4) is 0 Å². The largest absolute Gasteiger partial charge is 0.469 e. The van der Waals surface area contributed by atoms with Gasteiger partial charge < -0.3 is 15.4 Å². The molecule has 0 bridgehead atoms. The van der Waals surface area contributed by atoms with Gasteiger partial charge in [0.05, 0.1) is 13.0 Å². The van der Waals surface area contributed by atoms with Gasteiger partial charge in [0.2, 0.25) is 0 Å². The molecule has 2 N–H and O–H groups in total. The minimum absolute atomic E-state index is 0.0378. The molecule has 1 fully saturated rings. The molecule has 0 aliphatic carbocycles. The van der Waals surface area contributed by atoms with Crippen molar-refractivity contribution in [2.24, 2.45) is 5.92 Å². The number of rotatable bonds is 2. The van der Waals surface area contributed by atoms with Crippen LogP contribution in [0.2, 0.25) is 5.02 Å². The fraction of sp³-hybridized carbons (Fsp3) is 0.545. The quantitative estimate of drug-likeness (QED) is 0.811. The van der Waals surface area contributed by atoms with Crippen LogP contribution >= 0.6 is 11.6 Å². The molecule has 0 aromatic carbocycles. The number of carbonyl (C=O) groups is 1. The van der Waals surface area contributed by atoms with Gasteiger partial charge in [0.15, 0.2) is 5.82 Å². The van der Waals surface area contributed by atoms with Gasteiger partial charge in [-0.25, -0.2) is 9.97 Å². The number of esters is 1. The Labute approximate surface area is 110 Å². The van der Waals surface area contributed by atoms with E-state index in [1.54, 1.807) is 0 Å². The molecule has 0 unspecified atom stereocenters. The second kappa shape index (κ2) is 5.39. The van der Waals surface area contributed by atoms with Gasteiger partial charge in [-0.1, -0.05) is 11.6 Å². The van der Waals surface area contributed by atoms with E-state index in [2.05, 4.69) is 9.97 Å². The molecule has 0 amide bonds. The zero-order valence-corrected chi connectivity index (χ0v) is 10.9. The second-order valence-corrected chi connectivity index (χ2v) is 4.56. The lowest BCUT2D eigenvalue weighted by Gasteiger charge is -2.31. The van der Waals surface area contributed by atoms with Crippen molar-refractivity contribution in [1.82, 2.24) is 9.97 Å². The number of ether oxygens (including phenoxy) is 1. The summed E-state index contributed by atoms with van der Waals surface area (Å²) in [5.74, 6) is 0.719. The van der Waals surface area contributed by atoms with Crippen LogP contribution in [-0.2, 0) is 9.53 Å². The Hall–Kier alpha value is -1.56. The van der Waals surface area contributed by atoms with E-state index in [9.17, 15) is 4.79 Å². The average molecular weight is 271 g/mol. The molecular weight excluding hydrogens is 256 g/mol. The van der Waals surface area contributed by atoms with Crippen LogP contribution in [0.15, 0.2) is 6.33 Å². The summed E-state index contributed by atoms with van der Waals surface area (Å²) in [6, 6.07) is 0. The Bertz CT molecular complexity index is 447. The monoisotopic (exact) mass is 270 g/mol. The second-order valence-electron chi connectivity index (χ2n) is 4.18. The highest BCUT2D eigenvalue weighted by molar-refractivity contribution is 6.35. The lowest BCUT2D eigenvalue weighted by atomic mass is 9.97. The molecule has 1 aromatic rings. The third-order valence-electron chi connectivity index (χ3n) is 3.13. The van der Waals surface area contributed by atoms with Gasteiger partial charge in [0.25, 0.3) is 0 Å². The number of nitrogens with two attached hydrogens (primary N) is 1. The van der Waals surface area contributed by atoms with Gasteiger partial charge >= 0.3 is 5.97 Å². The van der Waals surface area contributed by atoms with Crippen molar-refractivity contribution in [2.75, 3.05) is 30.8 Å². The van der Waals surface area contributed by atoms with Crippen LogP contribution in [0, 0.1) is 5.92 Å². The highest BCUT2D eigenvalue weighted by Gasteiger charge is 2.27. The maximum Gasteiger partial charge on any atom is 0.308 e. The molecule has 1 aromatic heterocycles. The van der Waals surface area contributed by atoms with Gasteiger partial charge in [0.1, 0.15) is 17.2 Å². The van der Waals surface area contributed by atoms with Crippen molar-refractivity contribution in [1.29, 1.82) is 0 Å². The molecule has 7 heteroatoms. The van der Waals surface area contributed by atoms with E-state index < -0.39 is 0 Å². The highest BCUT2D eigenvalue weighted by Crippen LogP contribution is 2.30. The summed E-state index contributed by atoms with van der Waals surface area (Å²) in [6.07, 6.45) is 2.85. The zero-order valence-electron chi connectivity index (χ0n) is 10.1. The molecule has 0 spiro atoms. The van der Waals surface area contributed by atoms with Gasteiger partial charge in [-0.2, -0.15) is 0 Å². The van der Waals surface area contributed by atoms with Crippen LogP contribution in [0.5, 0.6) is 0 Å². The van der Waals surface area contributed by atoms with Crippen LogP contribution in [-0.4, -0.2) is 36.1 Å². The molecule has 98 valence electrons. The molecule has 1 aliphatic heterocycles. The van der Waals surface area contributed by atoms with Crippen LogP contribution < -0.4 is 10.6 Å². The number of hydrogen-bond donors (Lipinski definition) is 1. The summed E-state index contributed by atoms with van der Waals surface area (Å²) in [6.45, 7) is 1.41. The third-order valence-corrected chi connectivity index (χ3v) is 3.49. The van der Waals surface area contributed by atoms with Crippen molar-refractivity contribution < 1.29 is 9.53 Å². The van der Waals surface area contributed by atoms with Crippen molar-refractivity contribution in [3.63, 3.8) is 0 Å². The summed E-state index contributed by atoms with van der Waals surface area (Å²) in [5.41, 5.74) is 5.64. The first kappa shape index (κ1) is 12.9. The molecule has 18 heavy (non-hydrogen) atoms. The first-order valence-electron chi connectivity index (χ1n) is 5.72. The maximum atomic E-state index is 11.4. The third kappa shape index (κ3) is 2.48. The minimum atomic E-state index is -0.150. The van der Waals surface area contributed by atoms with E-state index in [-0.39, 0.29) is 17.7 Å². The van der Waals surface area contributed by atoms with Crippen molar-refractivity contribution in [2.45, 2.75) is 12.8 Å². The van der Waals surface area contributed by atoms with Gasteiger partial charge in [-0.15, -0.1) is 0 Å². The predicted molar refractivity (Wildman–Crippen MR) is 68.4 cm³/mol. The molecule has 0 radical (unpaired) electrons. The number of nitrogen functional groups attached to an aromatic ring is 1. The maximum absolute atomic E-state index is 11.4. The SMILES string of the molecule is COC(=O)C1CCN(c2ncnc(N)c2Cl)CC1. The standard InChI is InChI=1S/C11H15ClN4O2/c1-18-11(17)7-2-4-16(5-3-7)10-8(12)9(13)14-6-15-10/h6-7H,2-5H2,1H3,(H2,13,14,15). The zero-order chi connectivity index (χ0) is 13.1. The Morgan fingerprint density at radius 2 is 2.17 bits per heavy atom. The number of halogens is 1. The molecule has 2 heterocycles. The van der Waals surface area contributed by atoms with Gasteiger partial charge in [-0.3, -0.25) is 4.79 Å². The van der Waals surface area contributed by atoms with Crippen LogP contribution in [0.25, 0.3) is 0 Å². The number of piperidine rings is 1.